The van der Waals surface area contributed by atoms with Crippen LogP contribution in [-0.2, 0) is 4.79 Å². The first kappa shape index (κ1) is 14.8. The molecule has 3 N–H and O–H groups in total. The summed E-state index contributed by atoms with van der Waals surface area (Å²) in [6.45, 7) is 5.09. The van der Waals surface area contributed by atoms with E-state index in [1.54, 1.807) is 0 Å². The fraction of sp³-hybridized carbons (Fsp3) is 0.846. The van der Waals surface area contributed by atoms with Crippen molar-refractivity contribution in [3.05, 3.63) is 0 Å². The van der Waals surface area contributed by atoms with E-state index in [0.717, 1.165) is 25.7 Å². The summed E-state index contributed by atoms with van der Waals surface area (Å²) in [5.41, 5.74) is -1.24. The van der Waals surface area contributed by atoms with Gasteiger partial charge in [-0.25, -0.2) is 9.59 Å². The molecule has 5 heteroatoms. The second kappa shape index (κ2) is 6.07. The molecular weight excluding hydrogens is 232 g/mol. The van der Waals surface area contributed by atoms with Gasteiger partial charge in [-0.05, 0) is 32.6 Å². The molecule has 1 fully saturated rings. The Hall–Kier alpha value is -1.26. The lowest BCUT2D eigenvalue weighted by atomic mass is 9.83. The number of hydrogen-bond donors (Lipinski definition) is 3. The maximum Gasteiger partial charge on any atom is 0.328 e. The van der Waals surface area contributed by atoms with Crippen LogP contribution in [0.3, 0.4) is 0 Å². The van der Waals surface area contributed by atoms with Crippen LogP contribution in [0.2, 0.25) is 0 Å². The molecule has 0 aliphatic heterocycles. The fourth-order valence-electron chi connectivity index (χ4n) is 2.43. The van der Waals surface area contributed by atoms with Gasteiger partial charge < -0.3 is 15.7 Å². The van der Waals surface area contributed by atoms with Crippen molar-refractivity contribution in [2.45, 2.75) is 64.5 Å². The summed E-state index contributed by atoms with van der Waals surface area (Å²) in [6.07, 6.45) is 5.53. The van der Waals surface area contributed by atoms with Crippen molar-refractivity contribution in [3.8, 4) is 0 Å². The minimum atomic E-state index is -1.24. The number of rotatable bonds is 4. The van der Waals surface area contributed by atoms with Gasteiger partial charge in [-0.3, -0.25) is 0 Å². The summed E-state index contributed by atoms with van der Waals surface area (Å²) in [6, 6.07) is -0.207. The third-order valence-corrected chi connectivity index (χ3v) is 3.71. The van der Waals surface area contributed by atoms with Gasteiger partial charge in [-0.1, -0.05) is 26.2 Å². The van der Waals surface area contributed by atoms with Gasteiger partial charge in [0.1, 0.15) is 5.54 Å². The van der Waals surface area contributed by atoms with Crippen LogP contribution >= 0.6 is 0 Å². The summed E-state index contributed by atoms with van der Waals surface area (Å²) >= 11 is 0. The zero-order chi connectivity index (χ0) is 13.8. The Balaban J connectivity index is 2.51. The summed E-state index contributed by atoms with van der Waals surface area (Å²) in [7, 11) is 0. The molecule has 1 aliphatic carbocycles. The first-order chi connectivity index (χ1) is 8.36. The highest BCUT2D eigenvalue weighted by Crippen LogP contribution is 2.26. The first-order valence-electron chi connectivity index (χ1n) is 6.69. The maximum absolute atomic E-state index is 11.8. The van der Waals surface area contributed by atoms with Crippen LogP contribution in [0.4, 0.5) is 4.79 Å². The molecule has 0 spiro atoms. The molecule has 0 bridgehead atoms. The number of amides is 2. The van der Waals surface area contributed by atoms with E-state index < -0.39 is 11.5 Å². The molecular formula is C13H24N2O3. The predicted molar refractivity (Wildman–Crippen MR) is 69.4 cm³/mol. The number of aliphatic carboxylic acids is 1. The van der Waals surface area contributed by atoms with E-state index in [4.69, 9.17) is 5.11 Å². The van der Waals surface area contributed by atoms with Crippen LogP contribution in [0.5, 0.6) is 0 Å². The number of urea groups is 1. The lowest BCUT2D eigenvalue weighted by Gasteiger charge is -2.32. The third kappa shape index (κ3) is 3.89. The van der Waals surface area contributed by atoms with Crippen molar-refractivity contribution in [2.75, 3.05) is 0 Å². The van der Waals surface area contributed by atoms with Crippen molar-refractivity contribution in [1.29, 1.82) is 0 Å². The van der Waals surface area contributed by atoms with Gasteiger partial charge in [-0.15, -0.1) is 0 Å². The fourth-order valence-corrected chi connectivity index (χ4v) is 2.43. The third-order valence-electron chi connectivity index (χ3n) is 3.71. The number of carbonyl (C=O) groups excluding carboxylic acids is 1. The molecule has 104 valence electrons. The quantitative estimate of drug-likeness (QED) is 0.721. The number of hydrogen-bond acceptors (Lipinski definition) is 2. The van der Waals surface area contributed by atoms with Crippen LogP contribution in [0.15, 0.2) is 0 Å². The molecule has 1 rings (SSSR count). The van der Waals surface area contributed by atoms with E-state index in [2.05, 4.69) is 17.6 Å². The van der Waals surface area contributed by atoms with E-state index in [1.807, 2.05) is 0 Å². The summed E-state index contributed by atoms with van der Waals surface area (Å²) < 4.78 is 0. The minimum Gasteiger partial charge on any atom is -0.480 e. The van der Waals surface area contributed by atoms with Crippen LogP contribution in [0.1, 0.15) is 52.9 Å². The molecule has 0 radical (unpaired) electrons. The van der Waals surface area contributed by atoms with Gasteiger partial charge in [0.15, 0.2) is 0 Å². The Labute approximate surface area is 108 Å². The standard InChI is InChI=1S/C13H24N2O3/c1-4-9-7-5-6-8-10(9)14-12(18)15-13(2,3)11(16)17/h9-10H,4-8H2,1-3H3,(H,16,17)(H2,14,15,18). The SMILES string of the molecule is CCC1CCCCC1NC(=O)NC(C)(C)C(=O)O. The molecule has 0 heterocycles. The lowest BCUT2D eigenvalue weighted by Crippen LogP contribution is -2.56. The Kier molecular flexibility index (Phi) is 4.99. The average molecular weight is 256 g/mol. The van der Waals surface area contributed by atoms with Crippen LogP contribution < -0.4 is 10.6 Å². The first-order valence-corrected chi connectivity index (χ1v) is 6.69. The van der Waals surface area contributed by atoms with E-state index in [0.29, 0.717) is 5.92 Å². The zero-order valence-electron chi connectivity index (χ0n) is 11.5. The maximum atomic E-state index is 11.8. The highest BCUT2D eigenvalue weighted by molar-refractivity contribution is 5.85. The van der Waals surface area contributed by atoms with Crippen molar-refractivity contribution in [3.63, 3.8) is 0 Å². The topological polar surface area (TPSA) is 78.4 Å². The van der Waals surface area contributed by atoms with Crippen molar-refractivity contribution in [2.24, 2.45) is 5.92 Å². The normalized spacial score (nSPS) is 24.4. The van der Waals surface area contributed by atoms with Crippen molar-refractivity contribution < 1.29 is 14.7 Å². The summed E-state index contributed by atoms with van der Waals surface area (Å²) in [4.78, 5) is 22.7. The van der Waals surface area contributed by atoms with Crippen molar-refractivity contribution in [1.82, 2.24) is 10.6 Å². The molecule has 0 aromatic rings. The molecule has 1 aliphatic rings. The molecule has 0 saturated heterocycles. The van der Waals surface area contributed by atoms with E-state index >= 15 is 0 Å². The highest BCUT2D eigenvalue weighted by atomic mass is 16.4. The molecule has 1 saturated carbocycles. The molecule has 18 heavy (non-hydrogen) atoms. The molecule has 5 nitrogen and oxygen atoms in total. The van der Waals surface area contributed by atoms with Gasteiger partial charge in [0, 0.05) is 6.04 Å². The Morgan fingerprint density at radius 2 is 1.89 bits per heavy atom. The van der Waals surface area contributed by atoms with Gasteiger partial charge >= 0.3 is 12.0 Å². The van der Waals surface area contributed by atoms with E-state index in [-0.39, 0.29) is 12.1 Å². The number of nitrogens with one attached hydrogen (secondary N) is 2. The molecule has 2 unspecified atom stereocenters. The summed E-state index contributed by atoms with van der Waals surface area (Å²) in [5, 5.41) is 14.4. The van der Waals surface area contributed by atoms with Crippen LogP contribution in [0, 0.1) is 5.92 Å². The Morgan fingerprint density at radius 1 is 1.28 bits per heavy atom. The van der Waals surface area contributed by atoms with Gasteiger partial charge in [0.2, 0.25) is 0 Å². The van der Waals surface area contributed by atoms with Crippen molar-refractivity contribution >= 4 is 12.0 Å². The van der Waals surface area contributed by atoms with Crippen LogP contribution in [-0.4, -0.2) is 28.7 Å². The lowest BCUT2D eigenvalue weighted by molar-refractivity contribution is -0.142. The number of carboxylic acids is 1. The van der Waals surface area contributed by atoms with Crippen LogP contribution in [0.25, 0.3) is 0 Å². The molecule has 0 aromatic carbocycles. The predicted octanol–water partition coefficient (Wildman–Crippen LogP) is 2.12. The average Bonchev–Trinajstić information content (AvgIpc) is 2.28. The summed E-state index contributed by atoms with van der Waals surface area (Å²) in [5.74, 6) is -0.522. The second-order valence-corrected chi connectivity index (χ2v) is 5.59. The molecule has 0 aromatic heterocycles. The monoisotopic (exact) mass is 256 g/mol. The number of carboxylic acid groups (broad SMARTS) is 1. The smallest absolute Gasteiger partial charge is 0.328 e. The molecule has 2 amide bonds. The zero-order valence-corrected chi connectivity index (χ0v) is 11.5. The van der Waals surface area contributed by atoms with Gasteiger partial charge in [-0.2, -0.15) is 0 Å². The van der Waals surface area contributed by atoms with E-state index in [9.17, 15) is 9.59 Å². The largest absolute Gasteiger partial charge is 0.480 e. The van der Waals surface area contributed by atoms with Gasteiger partial charge in [0.05, 0.1) is 0 Å². The highest BCUT2D eigenvalue weighted by Gasteiger charge is 2.31. The van der Waals surface area contributed by atoms with E-state index in [1.165, 1.54) is 20.3 Å². The Morgan fingerprint density at radius 3 is 2.44 bits per heavy atom. The minimum absolute atomic E-state index is 0.174. The van der Waals surface area contributed by atoms with Gasteiger partial charge in [0.25, 0.3) is 0 Å². The Bertz CT molecular complexity index is 315. The molecule has 2 atom stereocenters. The number of carbonyl (C=O) groups is 2. The second-order valence-electron chi connectivity index (χ2n) is 5.59.